The molecule has 1 aliphatic rings. The van der Waals surface area contributed by atoms with Gasteiger partial charge in [-0.15, -0.1) is 0 Å². The molecule has 1 aliphatic carbocycles. The van der Waals surface area contributed by atoms with Gasteiger partial charge in [0.25, 0.3) is 11.8 Å². The van der Waals surface area contributed by atoms with E-state index in [9.17, 15) is 9.59 Å². The Labute approximate surface area is 139 Å². The molecular formula is C19H28N2O2. The number of amides is 2. The van der Waals surface area contributed by atoms with Gasteiger partial charge in [-0.05, 0) is 49.4 Å². The zero-order valence-electron chi connectivity index (χ0n) is 14.2. The molecule has 1 aromatic rings. The van der Waals surface area contributed by atoms with Crippen LogP contribution in [0.4, 0.5) is 0 Å². The Hall–Kier alpha value is -1.84. The minimum absolute atomic E-state index is 0.0383. The lowest BCUT2D eigenvalue weighted by Crippen LogP contribution is -2.36. The highest BCUT2D eigenvalue weighted by Gasteiger charge is 2.16. The summed E-state index contributed by atoms with van der Waals surface area (Å²) in [5.74, 6) is 0.453. The van der Waals surface area contributed by atoms with Crippen LogP contribution in [-0.4, -0.2) is 24.4 Å². The third-order valence-electron chi connectivity index (χ3n) is 4.36. The third kappa shape index (κ3) is 5.70. The van der Waals surface area contributed by atoms with Crippen LogP contribution in [0, 0.1) is 5.92 Å². The molecule has 0 unspecified atom stereocenters. The van der Waals surface area contributed by atoms with E-state index in [-0.39, 0.29) is 11.8 Å². The minimum atomic E-state index is -0.0788. The van der Waals surface area contributed by atoms with Gasteiger partial charge >= 0.3 is 0 Å². The fourth-order valence-corrected chi connectivity index (χ4v) is 2.87. The highest BCUT2D eigenvalue weighted by Crippen LogP contribution is 2.18. The van der Waals surface area contributed by atoms with E-state index in [1.165, 1.54) is 19.3 Å². The number of benzene rings is 1. The number of carbonyl (C=O) groups excluding carboxylic acids is 2. The number of hydrogen-bond donors (Lipinski definition) is 2. The summed E-state index contributed by atoms with van der Waals surface area (Å²) in [5, 5.41) is 6.00. The molecule has 0 heterocycles. The summed E-state index contributed by atoms with van der Waals surface area (Å²) in [6.45, 7) is 4.94. The van der Waals surface area contributed by atoms with Crippen molar-refractivity contribution in [3.63, 3.8) is 0 Å². The SMILES string of the molecule is CC(C)CCNC(=O)c1ccc(C(=O)NC2CCCCC2)cc1. The number of rotatable bonds is 6. The van der Waals surface area contributed by atoms with Gasteiger partial charge in [-0.25, -0.2) is 0 Å². The van der Waals surface area contributed by atoms with Crippen molar-refractivity contribution < 1.29 is 9.59 Å². The van der Waals surface area contributed by atoms with Crippen molar-refractivity contribution in [2.24, 2.45) is 5.92 Å². The van der Waals surface area contributed by atoms with Crippen molar-refractivity contribution >= 4 is 11.8 Å². The van der Waals surface area contributed by atoms with E-state index in [0.717, 1.165) is 19.3 Å². The van der Waals surface area contributed by atoms with Crippen LogP contribution in [0.25, 0.3) is 0 Å². The molecule has 126 valence electrons. The Balaban J connectivity index is 1.85. The monoisotopic (exact) mass is 316 g/mol. The molecule has 0 spiro atoms. The molecule has 0 radical (unpaired) electrons. The zero-order valence-corrected chi connectivity index (χ0v) is 14.2. The fraction of sp³-hybridized carbons (Fsp3) is 0.579. The van der Waals surface area contributed by atoms with Crippen LogP contribution < -0.4 is 10.6 Å². The third-order valence-corrected chi connectivity index (χ3v) is 4.36. The largest absolute Gasteiger partial charge is 0.352 e. The smallest absolute Gasteiger partial charge is 0.251 e. The van der Waals surface area contributed by atoms with Crippen LogP contribution in [0.5, 0.6) is 0 Å². The van der Waals surface area contributed by atoms with Gasteiger partial charge in [0.2, 0.25) is 0 Å². The molecule has 2 amide bonds. The predicted octanol–water partition coefficient (Wildman–Crippen LogP) is 3.53. The van der Waals surface area contributed by atoms with Crippen LogP contribution in [0.3, 0.4) is 0 Å². The molecule has 4 heteroatoms. The summed E-state index contributed by atoms with van der Waals surface area (Å²) in [6, 6.07) is 7.21. The predicted molar refractivity (Wildman–Crippen MR) is 92.6 cm³/mol. The first-order valence-electron chi connectivity index (χ1n) is 8.75. The summed E-state index contributed by atoms with van der Waals surface area (Å²) < 4.78 is 0. The van der Waals surface area contributed by atoms with E-state index in [1.807, 2.05) is 0 Å². The first kappa shape index (κ1) is 17.5. The number of hydrogen-bond acceptors (Lipinski definition) is 2. The maximum Gasteiger partial charge on any atom is 0.251 e. The quantitative estimate of drug-likeness (QED) is 0.843. The Morgan fingerprint density at radius 3 is 2.13 bits per heavy atom. The second-order valence-corrected chi connectivity index (χ2v) is 6.82. The fourth-order valence-electron chi connectivity index (χ4n) is 2.87. The summed E-state index contributed by atoms with van der Waals surface area (Å²) >= 11 is 0. The van der Waals surface area contributed by atoms with E-state index in [2.05, 4.69) is 24.5 Å². The molecule has 1 fully saturated rings. The normalized spacial score (nSPS) is 15.4. The average molecular weight is 316 g/mol. The van der Waals surface area contributed by atoms with Crippen molar-refractivity contribution in [1.29, 1.82) is 0 Å². The van der Waals surface area contributed by atoms with E-state index >= 15 is 0 Å². The minimum Gasteiger partial charge on any atom is -0.352 e. The molecule has 0 atom stereocenters. The summed E-state index contributed by atoms with van der Waals surface area (Å²) in [6.07, 6.45) is 6.77. The molecule has 0 bridgehead atoms. The van der Waals surface area contributed by atoms with Crippen LogP contribution in [0.15, 0.2) is 24.3 Å². The molecule has 0 aromatic heterocycles. The topological polar surface area (TPSA) is 58.2 Å². The van der Waals surface area contributed by atoms with Crippen LogP contribution in [0.2, 0.25) is 0 Å². The lowest BCUT2D eigenvalue weighted by Gasteiger charge is -2.22. The van der Waals surface area contributed by atoms with Gasteiger partial charge in [0.1, 0.15) is 0 Å². The molecule has 2 rings (SSSR count). The summed E-state index contributed by atoms with van der Waals surface area (Å²) in [4.78, 5) is 24.2. The van der Waals surface area contributed by atoms with Crippen LogP contribution in [-0.2, 0) is 0 Å². The van der Waals surface area contributed by atoms with Gasteiger partial charge < -0.3 is 10.6 Å². The highest BCUT2D eigenvalue weighted by atomic mass is 16.2. The van der Waals surface area contributed by atoms with Gasteiger partial charge in [0.15, 0.2) is 0 Å². The Morgan fingerprint density at radius 2 is 1.57 bits per heavy atom. The van der Waals surface area contributed by atoms with Gasteiger partial charge in [0.05, 0.1) is 0 Å². The highest BCUT2D eigenvalue weighted by molar-refractivity contribution is 5.97. The van der Waals surface area contributed by atoms with Crippen LogP contribution >= 0.6 is 0 Å². The van der Waals surface area contributed by atoms with Crippen molar-refractivity contribution in [3.8, 4) is 0 Å². The van der Waals surface area contributed by atoms with E-state index in [0.29, 0.717) is 29.6 Å². The van der Waals surface area contributed by atoms with E-state index in [1.54, 1.807) is 24.3 Å². The van der Waals surface area contributed by atoms with Crippen LogP contribution in [0.1, 0.15) is 73.1 Å². The Kier molecular flexibility index (Phi) is 6.63. The van der Waals surface area contributed by atoms with E-state index in [4.69, 9.17) is 0 Å². The summed E-state index contributed by atoms with van der Waals surface area (Å²) in [5.41, 5.74) is 1.22. The molecule has 1 aromatic carbocycles. The van der Waals surface area contributed by atoms with Crippen molar-refractivity contribution in [1.82, 2.24) is 10.6 Å². The number of nitrogens with one attached hydrogen (secondary N) is 2. The maximum atomic E-state index is 12.2. The molecule has 0 aliphatic heterocycles. The Bertz CT molecular complexity index is 517. The van der Waals surface area contributed by atoms with Gasteiger partial charge in [-0.1, -0.05) is 33.1 Å². The molecule has 0 saturated heterocycles. The van der Waals surface area contributed by atoms with E-state index < -0.39 is 0 Å². The Morgan fingerprint density at radius 1 is 1.00 bits per heavy atom. The summed E-state index contributed by atoms with van der Waals surface area (Å²) in [7, 11) is 0. The second kappa shape index (κ2) is 8.70. The standard InChI is InChI=1S/C19H28N2O2/c1-14(2)12-13-20-18(22)15-8-10-16(11-9-15)19(23)21-17-6-4-3-5-7-17/h8-11,14,17H,3-7,12-13H2,1-2H3,(H,20,22)(H,21,23). The average Bonchev–Trinajstić information content (AvgIpc) is 2.55. The second-order valence-electron chi connectivity index (χ2n) is 6.82. The van der Waals surface area contributed by atoms with Gasteiger partial charge in [0, 0.05) is 23.7 Å². The lowest BCUT2D eigenvalue weighted by atomic mass is 9.95. The van der Waals surface area contributed by atoms with Crippen molar-refractivity contribution in [2.45, 2.75) is 58.4 Å². The molecule has 1 saturated carbocycles. The first-order chi connectivity index (χ1) is 11.1. The molecule has 2 N–H and O–H groups in total. The van der Waals surface area contributed by atoms with Gasteiger partial charge in [-0.3, -0.25) is 9.59 Å². The van der Waals surface area contributed by atoms with Crippen molar-refractivity contribution in [2.75, 3.05) is 6.54 Å². The first-order valence-corrected chi connectivity index (χ1v) is 8.75. The lowest BCUT2D eigenvalue weighted by molar-refractivity contribution is 0.0922. The number of carbonyl (C=O) groups is 2. The maximum absolute atomic E-state index is 12.2. The van der Waals surface area contributed by atoms with Crippen molar-refractivity contribution in [3.05, 3.63) is 35.4 Å². The molecular weight excluding hydrogens is 288 g/mol. The molecule has 23 heavy (non-hydrogen) atoms. The zero-order chi connectivity index (χ0) is 16.7. The molecule has 4 nitrogen and oxygen atoms in total. The van der Waals surface area contributed by atoms with Gasteiger partial charge in [-0.2, -0.15) is 0 Å².